The highest BCUT2D eigenvalue weighted by Gasteiger charge is 2.39. The van der Waals surface area contributed by atoms with E-state index in [4.69, 9.17) is 0 Å². The van der Waals surface area contributed by atoms with Crippen molar-refractivity contribution in [1.29, 1.82) is 0 Å². The summed E-state index contributed by atoms with van der Waals surface area (Å²) in [5.41, 5.74) is 0.717. The second kappa shape index (κ2) is 11.8. The lowest BCUT2D eigenvalue weighted by molar-refractivity contribution is -0.147. The molecule has 1 amide bonds. The average molecular weight is 378 g/mol. The predicted molar refractivity (Wildman–Crippen MR) is 110 cm³/mol. The number of rotatable bonds is 12. The SMILES string of the molecule is CCCCC=CCC(=O)N[C@@](CCSC)(Cc1ccccc1C)C(=O)O. The first-order chi connectivity index (χ1) is 12.4. The highest BCUT2D eigenvalue weighted by atomic mass is 32.2. The van der Waals surface area contributed by atoms with Crippen LogP contribution in [0.25, 0.3) is 0 Å². The third-order valence-corrected chi connectivity index (χ3v) is 5.08. The molecular weight excluding hydrogens is 346 g/mol. The summed E-state index contributed by atoms with van der Waals surface area (Å²) in [6, 6.07) is 7.74. The lowest BCUT2D eigenvalue weighted by Crippen LogP contribution is -2.56. The summed E-state index contributed by atoms with van der Waals surface area (Å²) in [6.45, 7) is 4.09. The van der Waals surface area contributed by atoms with Crippen LogP contribution in [-0.2, 0) is 16.0 Å². The summed E-state index contributed by atoms with van der Waals surface area (Å²) in [6.07, 6.45) is 9.83. The van der Waals surface area contributed by atoms with E-state index in [2.05, 4.69) is 12.2 Å². The smallest absolute Gasteiger partial charge is 0.329 e. The zero-order valence-electron chi connectivity index (χ0n) is 16.1. The number of aryl methyl sites for hydroxylation is 1. The van der Waals surface area contributed by atoms with Crippen molar-refractivity contribution in [3.05, 3.63) is 47.5 Å². The van der Waals surface area contributed by atoms with Crippen molar-refractivity contribution in [1.82, 2.24) is 5.32 Å². The minimum Gasteiger partial charge on any atom is -0.479 e. The maximum atomic E-state index is 12.4. The van der Waals surface area contributed by atoms with Crippen molar-refractivity contribution in [2.75, 3.05) is 12.0 Å². The Morgan fingerprint density at radius 3 is 2.62 bits per heavy atom. The van der Waals surface area contributed by atoms with E-state index in [-0.39, 0.29) is 12.3 Å². The van der Waals surface area contributed by atoms with Crippen LogP contribution in [0.3, 0.4) is 0 Å². The maximum absolute atomic E-state index is 12.4. The van der Waals surface area contributed by atoms with E-state index in [1.54, 1.807) is 11.8 Å². The molecule has 0 heterocycles. The molecule has 0 aromatic heterocycles. The number of carbonyl (C=O) groups is 2. The number of hydrogen-bond acceptors (Lipinski definition) is 3. The molecule has 0 bridgehead atoms. The van der Waals surface area contributed by atoms with Crippen molar-refractivity contribution in [3.63, 3.8) is 0 Å². The highest BCUT2D eigenvalue weighted by Crippen LogP contribution is 2.23. The van der Waals surface area contributed by atoms with Gasteiger partial charge in [0.05, 0.1) is 0 Å². The summed E-state index contributed by atoms with van der Waals surface area (Å²) in [5, 5.41) is 12.8. The first-order valence-corrected chi connectivity index (χ1v) is 10.6. The van der Waals surface area contributed by atoms with Crippen LogP contribution in [-0.4, -0.2) is 34.5 Å². The molecule has 4 nitrogen and oxygen atoms in total. The number of nitrogens with one attached hydrogen (secondary N) is 1. The Bertz CT molecular complexity index is 615. The fraction of sp³-hybridized carbons (Fsp3) is 0.524. The van der Waals surface area contributed by atoms with Crippen molar-refractivity contribution >= 4 is 23.6 Å². The van der Waals surface area contributed by atoms with E-state index < -0.39 is 11.5 Å². The van der Waals surface area contributed by atoms with Gasteiger partial charge >= 0.3 is 5.97 Å². The predicted octanol–water partition coefficient (Wildman–Crippen LogP) is 4.37. The number of aliphatic carboxylic acids is 1. The fourth-order valence-corrected chi connectivity index (χ4v) is 3.34. The Morgan fingerprint density at radius 2 is 2.00 bits per heavy atom. The molecule has 0 spiro atoms. The molecule has 0 aliphatic rings. The van der Waals surface area contributed by atoms with Crippen LogP contribution in [0.5, 0.6) is 0 Å². The number of amides is 1. The second-order valence-corrected chi connectivity index (χ2v) is 7.58. The molecule has 1 aromatic carbocycles. The third-order valence-electron chi connectivity index (χ3n) is 4.47. The minimum atomic E-state index is -1.27. The number of allylic oxidation sites excluding steroid dienone is 1. The molecule has 0 fully saturated rings. The van der Waals surface area contributed by atoms with Gasteiger partial charge in [-0.05, 0) is 42.9 Å². The van der Waals surface area contributed by atoms with Gasteiger partial charge < -0.3 is 10.4 Å². The molecule has 0 aliphatic heterocycles. The monoisotopic (exact) mass is 377 g/mol. The number of hydrogen-bond donors (Lipinski definition) is 2. The Morgan fingerprint density at radius 1 is 1.27 bits per heavy atom. The maximum Gasteiger partial charge on any atom is 0.329 e. The summed E-state index contributed by atoms with van der Waals surface area (Å²) < 4.78 is 0. The van der Waals surface area contributed by atoms with E-state index in [1.807, 2.05) is 49.6 Å². The number of thioether (sulfide) groups is 1. The van der Waals surface area contributed by atoms with Gasteiger partial charge in [0.1, 0.15) is 5.54 Å². The van der Waals surface area contributed by atoms with Crippen molar-refractivity contribution in [2.24, 2.45) is 0 Å². The minimum absolute atomic E-state index is 0.214. The van der Waals surface area contributed by atoms with Gasteiger partial charge in [0, 0.05) is 12.8 Å². The fourth-order valence-electron chi connectivity index (χ4n) is 2.79. The molecule has 26 heavy (non-hydrogen) atoms. The Labute approximate surface area is 161 Å². The van der Waals surface area contributed by atoms with Gasteiger partial charge in [-0.25, -0.2) is 4.79 Å². The molecule has 1 rings (SSSR count). The first kappa shape index (κ1) is 22.3. The summed E-state index contributed by atoms with van der Waals surface area (Å²) in [5.74, 6) is -0.543. The highest BCUT2D eigenvalue weighted by molar-refractivity contribution is 7.98. The lowest BCUT2D eigenvalue weighted by Gasteiger charge is -2.31. The number of benzene rings is 1. The van der Waals surface area contributed by atoms with E-state index in [0.29, 0.717) is 18.6 Å². The number of carbonyl (C=O) groups excluding carboxylic acids is 1. The van der Waals surface area contributed by atoms with Gasteiger partial charge in [0.2, 0.25) is 5.91 Å². The van der Waals surface area contributed by atoms with Gasteiger partial charge in [-0.1, -0.05) is 56.2 Å². The van der Waals surface area contributed by atoms with Crippen LogP contribution in [0.1, 0.15) is 50.2 Å². The molecule has 1 atom stereocenters. The van der Waals surface area contributed by atoms with E-state index in [1.165, 1.54) is 0 Å². The largest absolute Gasteiger partial charge is 0.479 e. The second-order valence-electron chi connectivity index (χ2n) is 6.60. The molecule has 1 aromatic rings. The third kappa shape index (κ3) is 7.24. The number of unbranched alkanes of at least 4 members (excludes halogenated alkanes) is 2. The average Bonchev–Trinajstić information content (AvgIpc) is 2.61. The van der Waals surface area contributed by atoms with Crippen molar-refractivity contribution in [2.45, 2.75) is 57.9 Å². The molecule has 2 N–H and O–H groups in total. The van der Waals surface area contributed by atoms with Gasteiger partial charge in [-0.2, -0.15) is 11.8 Å². The van der Waals surface area contributed by atoms with Crippen molar-refractivity contribution < 1.29 is 14.7 Å². The molecule has 0 saturated heterocycles. The quantitative estimate of drug-likeness (QED) is 0.419. The molecule has 5 heteroatoms. The van der Waals surface area contributed by atoms with Crippen LogP contribution >= 0.6 is 11.8 Å². The van der Waals surface area contributed by atoms with Gasteiger partial charge in [0.15, 0.2) is 0 Å². The zero-order chi connectivity index (χ0) is 19.4. The van der Waals surface area contributed by atoms with Gasteiger partial charge in [0.25, 0.3) is 0 Å². The van der Waals surface area contributed by atoms with Crippen LogP contribution in [0.4, 0.5) is 0 Å². The van der Waals surface area contributed by atoms with E-state index in [0.717, 1.165) is 30.4 Å². The Kier molecular flexibility index (Phi) is 10.1. The summed E-state index contributed by atoms with van der Waals surface area (Å²) in [7, 11) is 0. The Hall–Kier alpha value is -1.75. The molecule has 0 aliphatic carbocycles. The molecule has 0 radical (unpaired) electrons. The summed E-state index contributed by atoms with van der Waals surface area (Å²) in [4.78, 5) is 24.6. The molecule has 144 valence electrons. The normalized spacial score (nSPS) is 13.5. The standard InChI is InChI=1S/C21H31NO3S/c1-4-5-6-7-8-13-19(23)22-21(20(24)25,14-15-26-3)16-18-12-10-9-11-17(18)2/h7-12H,4-6,13-16H2,1-3H3,(H,22,23)(H,24,25)/t21-/m0/s1. The number of carboxylic acids is 1. The molecule has 0 saturated carbocycles. The van der Waals surface area contributed by atoms with E-state index >= 15 is 0 Å². The van der Waals surface area contributed by atoms with Gasteiger partial charge in [-0.3, -0.25) is 4.79 Å². The first-order valence-electron chi connectivity index (χ1n) is 9.18. The van der Waals surface area contributed by atoms with E-state index in [9.17, 15) is 14.7 Å². The Balaban J connectivity index is 2.92. The van der Waals surface area contributed by atoms with Crippen LogP contribution < -0.4 is 5.32 Å². The van der Waals surface area contributed by atoms with Gasteiger partial charge in [-0.15, -0.1) is 0 Å². The van der Waals surface area contributed by atoms with Crippen LogP contribution in [0.2, 0.25) is 0 Å². The van der Waals surface area contributed by atoms with Crippen molar-refractivity contribution in [3.8, 4) is 0 Å². The molecular formula is C21H31NO3S. The topological polar surface area (TPSA) is 66.4 Å². The van der Waals surface area contributed by atoms with Crippen LogP contribution in [0.15, 0.2) is 36.4 Å². The lowest BCUT2D eigenvalue weighted by atomic mass is 9.86. The molecule has 0 unspecified atom stereocenters. The summed E-state index contributed by atoms with van der Waals surface area (Å²) >= 11 is 1.59. The zero-order valence-corrected chi connectivity index (χ0v) is 16.9. The van der Waals surface area contributed by atoms with Crippen LogP contribution in [0, 0.1) is 6.92 Å². The number of carboxylic acid groups (broad SMARTS) is 1.